The van der Waals surface area contributed by atoms with E-state index in [-0.39, 0.29) is 57.1 Å². The summed E-state index contributed by atoms with van der Waals surface area (Å²) in [7, 11) is 0. The Bertz CT molecular complexity index is 368. The number of hydrogen-bond acceptors (Lipinski definition) is 1. The van der Waals surface area contributed by atoms with Crippen LogP contribution in [0, 0.1) is 6.07 Å². The van der Waals surface area contributed by atoms with Gasteiger partial charge in [0.1, 0.15) is 0 Å². The van der Waals surface area contributed by atoms with Crippen LogP contribution in [0.1, 0.15) is 0 Å². The van der Waals surface area contributed by atoms with Crippen molar-refractivity contribution >= 4 is 11.0 Å². The van der Waals surface area contributed by atoms with Gasteiger partial charge in [0.15, 0.2) is 0 Å². The van der Waals surface area contributed by atoms with Crippen LogP contribution >= 0.6 is 0 Å². The van der Waals surface area contributed by atoms with Crippen LogP contribution in [-0.2, 0) is 0 Å². The molecule has 11 heavy (non-hydrogen) atoms. The third-order valence-electron chi connectivity index (χ3n) is 1.34. The van der Waals surface area contributed by atoms with Crippen LogP contribution in [0.5, 0.6) is 0 Å². The second kappa shape index (κ2) is 3.69. The smallest absolute Gasteiger partial charge is 0.359 e. The Morgan fingerprint density at radius 3 is 2.91 bits per heavy atom. The summed E-state index contributed by atoms with van der Waals surface area (Å²) in [5.41, 5.74) is 1.34. The zero-order chi connectivity index (χ0) is 6.97. The van der Waals surface area contributed by atoms with Crippen LogP contribution in [0.4, 0.5) is 0 Å². The largest absolute Gasteiger partial charge is 1.00 e. The molecule has 1 aromatic heterocycles. The molecule has 4 heteroatoms. The van der Waals surface area contributed by atoms with Gasteiger partial charge < -0.3 is 9.97 Å². The molecule has 0 saturated carbocycles. The minimum absolute atomic E-state index is 0. The minimum Gasteiger partial charge on any atom is -0.359 e. The third-order valence-corrected chi connectivity index (χ3v) is 1.34. The number of para-hydroxylation sites is 1. The van der Waals surface area contributed by atoms with E-state index >= 15 is 0 Å². The number of fused-ring (bicyclic) bond motifs is 1. The maximum absolute atomic E-state index is 10.7. The molecule has 0 atom stereocenters. The van der Waals surface area contributed by atoms with Gasteiger partial charge in [0.25, 0.3) is 0 Å². The van der Waals surface area contributed by atoms with Gasteiger partial charge in [0, 0.05) is 0 Å². The van der Waals surface area contributed by atoms with Crippen molar-refractivity contribution in [2.24, 2.45) is 0 Å². The molecule has 0 amide bonds. The number of imidazole rings is 1. The van der Waals surface area contributed by atoms with E-state index in [0.29, 0.717) is 0 Å². The number of aromatic nitrogens is 2. The van der Waals surface area contributed by atoms with Gasteiger partial charge in [-0.25, -0.2) is 4.79 Å². The number of nitrogens with one attached hydrogen (secondary N) is 2. The molecular weight excluding hydrogens is 167 g/mol. The summed E-state index contributed by atoms with van der Waals surface area (Å²) in [6.45, 7) is 0. The zero-order valence-electron chi connectivity index (χ0n) is 6.14. The van der Waals surface area contributed by atoms with E-state index in [4.69, 9.17) is 0 Å². The molecule has 0 unspecified atom stereocenters. The molecule has 1 aromatic carbocycles. The molecule has 0 aliphatic carbocycles. The molecule has 1 heterocycles. The first-order valence-corrected chi connectivity index (χ1v) is 2.95. The van der Waals surface area contributed by atoms with Crippen LogP contribution in [0.25, 0.3) is 11.0 Å². The van der Waals surface area contributed by atoms with Crippen molar-refractivity contribution in [1.82, 2.24) is 9.97 Å². The molecule has 0 spiro atoms. The summed E-state index contributed by atoms with van der Waals surface area (Å²) in [5, 5.41) is 0. The van der Waals surface area contributed by atoms with E-state index < -0.39 is 0 Å². The van der Waals surface area contributed by atoms with Crippen molar-refractivity contribution in [2.75, 3.05) is 0 Å². The summed E-state index contributed by atoms with van der Waals surface area (Å²) in [6.07, 6.45) is 0. The van der Waals surface area contributed by atoms with Crippen LogP contribution in [-0.4, -0.2) is 9.97 Å². The molecule has 2 aromatic rings. The molecule has 3 nitrogen and oxygen atoms in total. The summed E-state index contributed by atoms with van der Waals surface area (Å²) in [6, 6.07) is 8.29. The zero-order valence-corrected chi connectivity index (χ0v) is 9.26. The SMILES string of the molecule is O=c1[nH]c2[c-]cccc2[nH]1.[K+]. The topological polar surface area (TPSA) is 48.6 Å². The quantitative estimate of drug-likeness (QED) is 0.339. The first-order chi connectivity index (χ1) is 4.86. The maximum Gasteiger partial charge on any atom is 1.00 e. The number of aromatic amines is 2. The first kappa shape index (κ1) is 9.22. The van der Waals surface area contributed by atoms with Gasteiger partial charge in [-0.3, -0.25) is 0 Å². The van der Waals surface area contributed by atoms with E-state index in [1.165, 1.54) is 0 Å². The summed E-state index contributed by atoms with van der Waals surface area (Å²) < 4.78 is 0. The number of rotatable bonds is 0. The number of benzene rings is 1. The van der Waals surface area contributed by atoms with Crippen LogP contribution < -0.4 is 57.1 Å². The van der Waals surface area contributed by atoms with Crippen molar-refractivity contribution in [1.29, 1.82) is 0 Å². The monoisotopic (exact) mass is 172 g/mol. The molecule has 0 aliphatic heterocycles. The second-order valence-electron chi connectivity index (χ2n) is 2.04. The minimum atomic E-state index is -0.183. The Morgan fingerprint density at radius 2 is 2.18 bits per heavy atom. The van der Waals surface area contributed by atoms with E-state index in [2.05, 4.69) is 16.0 Å². The second-order valence-corrected chi connectivity index (χ2v) is 2.04. The Kier molecular flexibility index (Phi) is 3.09. The van der Waals surface area contributed by atoms with Gasteiger partial charge in [0.05, 0.1) is 0 Å². The molecular formula is C7H5KN2O. The van der Waals surface area contributed by atoms with Gasteiger partial charge in [-0.2, -0.15) is 18.2 Å². The van der Waals surface area contributed by atoms with Gasteiger partial charge in [0.2, 0.25) is 0 Å². The van der Waals surface area contributed by atoms with Crippen molar-refractivity contribution in [3.8, 4) is 0 Å². The maximum atomic E-state index is 10.7. The average Bonchev–Trinajstić information content (AvgIpc) is 2.27. The first-order valence-electron chi connectivity index (χ1n) is 2.95. The molecule has 0 fully saturated rings. The Labute approximate surface area is 106 Å². The Hall–Kier alpha value is 0.126. The van der Waals surface area contributed by atoms with Crippen molar-refractivity contribution < 1.29 is 51.4 Å². The van der Waals surface area contributed by atoms with E-state index in [0.717, 1.165) is 11.0 Å². The summed E-state index contributed by atoms with van der Waals surface area (Å²) in [4.78, 5) is 15.9. The van der Waals surface area contributed by atoms with Crippen LogP contribution in [0.3, 0.4) is 0 Å². The predicted molar refractivity (Wildman–Crippen MR) is 37.8 cm³/mol. The summed E-state index contributed by atoms with van der Waals surface area (Å²) in [5.74, 6) is 0. The molecule has 0 saturated heterocycles. The van der Waals surface area contributed by atoms with Crippen LogP contribution in [0.15, 0.2) is 23.0 Å². The third kappa shape index (κ3) is 1.83. The normalized spacial score (nSPS) is 9.45. The van der Waals surface area contributed by atoms with E-state index in [1.54, 1.807) is 6.07 Å². The van der Waals surface area contributed by atoms with Crippen molar-refractivity contribution in [3.63, 3.8) is 0 Å². The standard InChI is InChI=1S/C7H5N2O.K/c10-7-8-5-3-1-2-4-6(5)9-7;/h1-3H,(H2,8,9,10);/q-1;+1. The van der Waals surface area contributed by atoms with Gasteiger partial charge in [-0.05, 0) is 11.0 Å². The fraction of sp³-hybridized carbons (Fsp3) is 0. The fourth-order valence-corrected chi connectivity index (χ4v) is 0.912. The number of H-pyrrole nitrogens is 2. The fourth-order valence-electron chi connectivity index (χ4n) is 0.912. The van der Waals surface area contributed by atoms with Crippen molar-refractivity contribution in [3.05, 3.63) is 34.7 Å². The molecule has 0 bridgehead atoms. The Balaban J connectivity index is 0.000000605. The molecule has 0 aliphatic rings. The van der Waals surface area contributed by atoms with Gasteiger partial charge in [-0.1, -0.05) is 0 Å². The summed E-state index contributed by atoms with van der Waals surface area (Å²) >= 11 is 0. The van der Waals surface area contributed by atoms with Crippen molar-refractivity contribution in [2.45, 2.75) is 0 Å². The van der Waals surface area contributed by atoms with Crippen LogP contribution in [0.2, 0.25) is 0 Å². The molecule has 2 N–H and O–H groups in total. The van der Waals surface area contributed by atoms with Gasteiger partial charge in [-0.15, -0.1) is 6.07 Å². The van der Waals surface area contributed by atoms with E-state index in [1.807, 2.05) is 12.1 Å². The molecule has 0 radical (unpaired) electrons. The van der Waals surface area contributed by atoms with E-state index in [9.17, 15) is 4.79 Å². The molecule has 50 valence electrons. The number of hydrogen-bond donors (Lipinski definition) is 2. The average molecular weight is 172 g/mol. The Morgan fingerprint density at radius 1 is 1.36 bits per heavy atom. The van der Waals surface area contributed by atoms with Gasteiger partial charge >= 0.3 is 57.1 Å². The molecule has 2 rings (SSSR count). The predicted octanol–water partition coefficient (Wildman–Crippen LogP) is -2.34.